The lowest BCUT2D eigenvalue weighted by molar-refractivity contribution is 0.0621. The predicted octanol–water partition coefficient (Wildman–Crippen LogP) is 3.06. The van der Waals surface area contributed by atoms with Gasteiger partial charge in [-0.25, -0.2) is 0 Å². The van der Waals surface area contributed by atoms with E-state index in [1.165, 1.54) is 45.2 Å². The number of fused-ring (bicyclic) bond motifs is 4. The van der Waals surface area contributed by atoms with Crippen LogP contribution in [-0.4, -0.2) is 54.6 Å². The minimum Gasteiger partial charge on any atom is -0.423 e. The molecule has 146 valence electrons. The summed E-state index contributed by atoms with van der Waals surface area (Å²) in [5.74, 6) is 0.595. The molecule has 4 saturated heterocycles. The van der Waals surface area contributed by atoms with E-state index in [9.17, 15) is 4.79 Å². The Hall–Kier alpha value is -1.79. The normalized spacial score (nSPS) is 27.4. The Bertz CT molecular complexity index is 809. The summed E-state index contributed by atoms with van der Waals surface area (Å²) in [5.41, 5.74) is 2.02. The highest BCUT2D eigenvalue weighted by Gasteiger charge is 2.35. The number of aromatic nitrogens is 1. The van der Waals surface area contributed by atoms with E-state index in [0.717, 1.165) is 19.6 Å². The second-order valence-corrected chi connectivity index (χ2v) is 7.91. The first kappa shape index (κ1) is 18.6. The molecule has 1 N–H and O–H groups in total. The second kappa shape index (κ2) is 7.68. The standard InChI is InChI=1S/C20H26N4O2.ClH/c25-19(21-16-13-23-11-7-14(16)8-12-23)15-5-4-6-17-18(15)22-20(26-17)24-9-2-1-3-10-24;/h4-6,14,16H,1-3,7-13H2,(H,21,25);1H. The predicted molar refractivity (Wildman–Crippen MR) is 108 cm³/mol. The van der Waals surface area contributed by atoms with Crippen LogP contribution in [0, 0.1) is 5.92 Å². The van der Waals surface area contributed by atoms with E-state index in [2.05, 4.69) is 20.1 Å². The molecule has 1 aromatic heterocycles. The molecule has 6 rings (SSSR count). The minimum absolute atomic E-state index is 0. The molecular formula is C20H27ClN4O2. The van der Waals surface area contributed by atoms with Crippen LogP contribution in [0.25, 0.3) is 11.1 Å². The van der Waals surface area contributed by atoms with E-state index in [1.54, 1.807) is 0 Å². The van der Waals surface area contributed by atoms with Crippen LogP contribution in [0.2, 0.25) is 0 Å². The highest BCUT2D eigenvalue weighted by molar-refractivity contribution is 6.04. The number of benzene rings is 1. The summed E-state index contributed by atoms with van der Waals surface area (Å²) in [7, 11) is 0. The summed E-state index contributed by atoms with van der Waals surface area (Å²) < 4.78 is 5.96. The van der Waals surface area contributed by atoms with Gasteiger partial charge >= 0.3 is 0 Å². The van der Waals surface area contributed by atoms with Gasteiger partial charge in [0.2, 0.25) is 0 Å². The summed E-state index contributed by atoms with van der Waals surface area (Å²) in [4.78, 5) is 22.3. The maximum atomic E-state index is 13.0. The maximum absolute atomic E-state index is 13.0. The van der Waals surface area contributed by atoms with Crippen LogP contribution in [0.15, 0.2) is 22.6 Å². The van der Waals surface area contributed by atoms with Crippen LogP contribution in [0.4, 0.5) is 6.01 Å². The number of hydrogen-bond acceptors (Lipinski definition) is 5. The van der Waals surface area contributed by atoms with Crippen molar-refractivity contribution in [3.63, 3.8) is 0 Å². The number of amides is 1. The monoisotopic (exact) mass is 390 g/mol. The average Bonchev–Trinajstić information content (AvgIpc) is 3.14. The molecular weight excluding hydrogens is 364 g/mol. The zero-order valence-corrected chi connectivity index (χ0v) is 16.3. The van der Waals surface area contributed by atoms with Crippen molar-refractivity contribution in [2.24, 2.45) is 5.92 Å². The number of nitrogens with one attached hydrogen (secondary N) is 1. The van der Waals surface area contributed by atoms with Crippen molar-refractivity contribution in [2.45, 2.75) is 38.1 Å². The number of hydrogen-bond donors (Lipinski definition) is 1. The van der Waals surface area contributed by atoms with Gasteiger partial charge in [-0.15, -0.1) is 12.4 Å². The number of piperidine rings is 4. The number of anilines is 1. The Balaban J connectivity index is 0.00000180. The number of nitrogens with zero attached hydrogens (tertiary/aromatic N) is 3. The van der Waals surface area contributed by atoms with Gasteiger partial charge in [0.1, 0.15) is 5.52 Å². The van der Waals surface area contributed by atoms with Gasteiger partial charge in [0.05, 0.1) is 5.56 Å². The Morgan fingerprint density at radius 1 is 1.11 bits per heavy atom. The lowest BCUT2D eigenvalue weighted by Crippen LogP contribution is -2.57. The molecule has 0 saturated carbocycles. The first-order chi connectivity index (χ1) is 12.8. The van der Waals surface area contributed by atoms with Crippen LogP contribution >= 0.6 is 12.4 Å². The highest BCUT2D eigenvalue weighted by Crippen LogP contribution is 2.29. The van der Waals surface area contributed by atoms with Gasteiger partial charge in [-0.3, -0.25) is 4.79 Å². The number of carbonyl (C=O) groups is 1. The van der Waals surface area contributed by atoms with Gasteiger partial charge in [0, 0.05) is 25.7 Å². The smallest absolute Gasteiger partial charge is 0.298 e. The fourth-order valence-electron chi connectivity index (χ4n) is 4.72. The molecule has 27 heavy (non-hydrogen) atoms. The molecule has 1 amide bonds. The third kappa shape index (κ3) is 3.52. The van der Waals surface area contributed by atoms with Crippen molar-refractivity contribution in [3.05, 3.63) is 23.8 Å². The van der Waals surface area contributed by atoms with Crippen LogP contribution < -0.4 is 10.2 Å². The number of oxazole rings is 1. The van der Waals surface area contributed by atoms with Gasteiger partial charge in [-0.05, 0) is 63.2 Å². The zero-order chi connectivity index (χ0) is 17.5. The third-order valence-corrected chi connectivity index (χ3v) is 6.25. The quantitative estimate of drug-likeness (QED) is 0.872. The van der Waals surface area contributed by atoms with Gasteiger partial charge in [-0.2, -0.15) is 4.98 Å². The molecule has 0 radical (unpaired) electrons. The lowest BCUT2D eigenvalue weighted by Gasteiger charge is -2.44. The Morgan fingerprint density at radius 3 is 2.59 bits per heavy atom. The molecule has 5 heterocycles. The Labute approximate surface area is 165 Å². The Kier molecular flexibility index (Phi) is 5.28. The van der Waals surface area contributed by atoms with Crippen molar-refractivity contribution in [1.29, 1.82) is 0 Å². The van der Waals surface area contributed by atoms with Crippen molar-refractivity contribution in [2.75, 3.05) is 37.6 Å². The fraction of sp³-hybridized carbons (Fsp3) is 0.600. The maximum Gasteiger partial charge on any atom is 0.298 e. The molecule has 7 heteroatoms. The molecule has 1 aromatic carbocycles. The zero-order valence-electron chi connectivity index (χ0n) is 15.5. The summed E-state index contributed by atoms with van der Waals surface area (Å²) in [6.07, 6.45) is 6.00. The number of rotatable bonds is 3. The van der Waals surface area contributed by atoms with Gasteiger partial charge in [0.15, 0.2) is 5.58 Å². The number of halogens is 1. The fourth-order valence-corrected chi connectivity index (χ4v) is 4.72. The van der Waals surface area contributed by atoms with Crippen molar-refractivity contribution in [3.8, 4) is 0 Å². The van der Waals surface area contributed by atoms with Gasteiger partial charge < -0.3 is 19.5 Å². The van der Waals surface area contributed by atoms with Crippen molar-refractivity contribution in [1.82, 2.24) is 15.2 Å². The molecule has 4 aliphatic heterocycles. The molecule has 1 unspecified atom stereocenters. The topological polar surface area (TPSA) is 61.6 Å². The van der Waals surface area contributed by atoms with E-state index < -0.39 is 0 Å². The molecule has 0 aliphatic carbocycles. The van der Waals surface area contributed by atoms with E-state index >= 15 is 0 Å². The van der Waals surface area contributed by atoms with Gasteiger partial charge in [-0.1, -0.05) is 6.07 Å². The Morgan fingerprint density at radius 2 is 1.89 bits per heavy atom. The van der Waals surface area contributed by atoms with E-state index in [-0.39, 0.29) is 24.4 Å². The molecule has 2 bridgehead atoms. The third-order valence-electron chi connectivity index (χ3n) is 6.25. The molecule has 4 aliphatic rings. The second-order valence-electron chi connectivity index (χ2n) is 7.91. The minimum atomic E-state index is -0.0205. The van der Waals surface area contributed by atoms with E-state index in [1.807, 2.05) is 18.2 Å². The summed E-state index contributed by atoms with van der Waals surface area (Å²) in [6.45, 7) is 5.29. The molecule has 6 nitrogen and oxygen atoms in total. The molecule has 0 spiro atoms. The lowest BCUT2D eigenvalue weighted by atomic mass is 9.84. The number of para-hydroxylation sites is 1. The summed E-state index contributed by atoms with van der Waals surface area (Å²) in [5, 5.41) is 3.27. The SMILES string of the molecule is Cl.O=C(NC1CN2CCC1CC2)c1cccc2oc(N3CCCCC3)nc12. The van der Waals surface area contributed by atoms with E-state index in [4.69, 9.17) is 4.42 Å². The molecule has 1 atom stereocenters. The average molecular weight is 391 g/mol. The number of carbonyl (C=O) groups excluding carboxylic acids is 1. The van der Waals surface area contributed by atoms with E-state index in [0.29, 0.717) is 28.6 Å². The van der Waals surface area contributed by atoms with Gasteiger partial charge in [0.25, 0.3) is 11.9 Å². The largest absolute Gasteiger partial charge is 0.423 e. The van der Waals surface area contributed by atoms with Crippen LogP contribution in [0.5, 0.6) is 0 Å². The van der Waals surface area contributed by atoms with Crippen LogP contribution in [-0.2, 0) is 0 Å². The van der Waals surface area contributed by atoms with Crippen molar-refractivity contribution >= 4 is 35.4 Å². The van der Waals surface area contributed by atoms with Crippen LogP contribution in [0.3, 0.4) is 0 Å². The first-order valence-corrected chi connectivity index (χ1v) is 9.96. The van der Waals surface area contributed by atoms with Crippen LogP contribution in [0.1, 0.15) is 42.5 Å². The molecule has 4 fully saturated rings. The highest BCUT2D eigenvalue weighted by atomic mass is 35.5. The first-order valence-electron chi connectivity index (χ1n) is 9.96. The molecule has 2 aromatic rings. The summed E-state index contributed by atoms with van der Waals surface area (Å²) >= 11 is 0. The van der Waals surface area contributed by atoms with Crippen molar-refractivity contribution < 1.29 is 9.21 Å². The summed E-state index contributed by atoms with van der Waals surface area (Å²) in [6, 6.07) is 6.57.